The standard InChI is InChI=1S/C42H32O28/c43-15-1-10(2-16(44)27(15)53)36(58)64-9-22-32-34(68-37(59)11-3-17(45)28(54)18(46)4-11)35(42(65-22)70-38(60)12-5-19(47)29(55)20(48)6-12)69-40(62)26(52)13-7-21(49)30(56)33-25(13)24(31(57)41(63)67-33)14(8-23(50)51)39(61)66-32/h1-7,14,22,24,31-32,34-35,42-49,53-57H,8-9H2,(H,50,51)/t14-,22-,24+,31-,32-,34+,35-,42+/m1/s1. The average molecular weight is 985 g/mol. The molecule has 8 atom stereocenters. The summed E-state index contributed by atoms with van der Waals surface area (Å²) in [7, 11) is 0. The number of fused-ring (bicyclic) bond motifs is 2. The number of benzene rings is 4. The predicted molar refractivity (Wildman–Crippen MR) is 212 cm³/mol. The molecule has 3 aliphatic heterocycles. The van der Waals surface area contributed by atoms with Gasteiger partial charge in [0.15, 0.2) is 81.6 Å². The van der Waals surface area contributed by atoms with E-state index in [4.69, 9.17) is 33.2 Å². The van der Waals surface area contributed by atoms with Gasteiger partial charge in [0.2, 0.25) is 18.1 Å². The van der Waals surface area contributed by atoms with Crippen molar-refractivity contribution in [2.45, 2.75) is 49.1 Å². The summed E-state index contributed by atoms with van der Waals surface area (Å²) in [4.78, 5) is 109. The Hall–Kier alpha value is -9.44. The van der Waals surface area contributed by atoms with Crippen LogP contribution in [0.5, 0.6) is 69.0 Å². The quantitative estimate of drug-likeness (QED) is 0.0333. The Morgan fingerprint density at radius 2 is 1.04 bits per heavy atom. The van der Waals surface area contributed by atoms with E-state index in [2.05, 4.69) is 0 Å². The van der Waals surface area contributed by atoms with Gasteiger partial charge in [0.1, 0.15) is 12.7 Å². The Morgan fingerprint density at radius 1 is 0.571 bits per heavy atom. The molecule has 1 fully saturated rings. The molecule has 0 spiro atoms. The first kappa shape index (κ1) is 48.5. The first-order valence-electron chi connectivity index (χ1n) is 19.5. The maximum absolute atomic E-state index is 14.6. The molecule has 0 aromatic heterocycles. The van der Waals surface area contributed by atoms with Gasteiger partial charge in [-0.05, 0) is 42.5 Å². The zero-order chi connectivity index (χ0) is 51.4. The van der Waals surface area contributed by atoms with Crippen LogP contribution in [0.3, 0.4) is 0 Å². The summed E-state index contributed by atoms with van der Waals surface area (Å²) in [6.07, 6.45) is -17.0. The van der Waals surface area contributed by atoms with Crippen LogP contribution in [0.4, 0.5) is 0 Å². The van der Waals surface area contributed by atoms with E-state index in [9.17, 15) is 105 Å². The number of aromatic hydroxyl groups is 11. The number of carboxylic acid groups (broad SMARTS) is 1. The Labute approximate surface area is 386 Å². The lowest BCUT2D eigenvalue weighted by molar-refractivity contribution is -0.291. The molecular formula is C42H32O28. The number of ketones is 1. The van der Waals surface area contributed by atoms with E-state index in [0.29, 0.717) is 42.5 Å². The van der Waals surface area contributed by atoms with E-state index in [1.807, 2.05) is 0 Å². The summed E-state index contributed by atoms with van der Waals surface area (Å²) in [5.74, 6) is -33.2. The molecular weight excluding hydrogens is 952 g/mol. The number of ether oxygens (including phenoxy) is 7. The van der Waals surface area contributed by atoms with Crippen molar-refractivity contribution in [1.29, 1.82) is 0 Å². The summed E-state index contributed by atoms with van der Waals surface area (Å²) in [6.45, 7) is -1.34. The number of rotatable bonds is 9. The minimum atomic E-state index is -2.70. The third-order valence-electron chi connectivity index (χ3n) is 10.8. The number of aliphatic carboxylic acids is 1. The Bertz CT molecular complexity index is 2850. The smallest absolute Gasteiger partial charge is 0.380 e. The van der Waals surface area contributed by atoms with Crippen LogP contribution in [0.1, 0.15) is 59.3 Å². The molecule has 28 heteroatoms. The maximum atomic E-state index is 14.6. The lowest BCUT2D eigenvalue weighted by atomic mass is 9.75. The number of hydrogen-bond acceptors (Lipinski definition) is 27. The maximum Gasteiger partial charge on any atom is 0.380 e. The average Bonchev–Trinajstić information content (AvgIpc) is 3.30. The van der Waals surface area contributed by atoms with Crippen LogP contribution in [0.2, 0.25) is 0 Å². The molecule has 28 nitrogen and oxygen atoms in total. The molecule has 0 amide bonds. The number of hydrogen-bond donors (Lipinski definition) is 13. The predicted octanol–water partition coefficient (Wildman–Crippen LogP) is -0.413. The van der Waals surface area contributed by atoms with Gasteiger partial charge in [-0.1, -0.05) is 0 Å². The Kier molecular flexibility index (Phi) is 12.7. The van der Waals surface area contributed by atoms with E-state index >= 15 is 0 Å². The zero-order valence-corrected chi connectivity index (χ0v) is 34.5. The molecule has 0 unspecified atom stereocenters. The molecule has 3 aliphatic rings. The molecule has 4 aromatic carbocycles. The number of phenols is 11. The minimum Gasteiger partial charge on any atom is -0.504 e. The SMILES string of the molecule is O=C(O)C[C@H]1C(=O)O[C@H]2[C@H](OC(=O)c3cc(O)c(O)c(O)c3)[C@@H](OC(=O)C(=O)c3cc(O)c(O)c4c3[C@H]1[C@@H](O)C(=O)O4)[C@H](OC(=O)c1cc(O)c(O)c(O)c1)O[C@@H]2COC(=O)c1cc(O)c(O)c(O)c1. The topological polar surface area (TPSA) is 464 Å². The van der Waals surface area contributed by atoms with E-state index < -0.39 is 206 Å². The summed E-state index contributed by atoms with van der Waals surface area (Å²) >= 11 is 0. The second-order valence-corrected chi connectivity index (χ2v) is 15.2. The third kappa shape index (κ3) is 8.91. The summed E-state index contributed by atoms with van der Waals surface area (Å²) < 4.78 is 38.0. The van der Waals surface area contributed by atoms with Crippen molar-refractivity contribution in [1.82, 2.24) is 0 Å². The number of esters is 6. The summed E-state index contributed by atoms with van der Waals surface area (Å²) in [6, 6.07) is 3.55. The van der Waals surface area contributed by atoms with Crippen molar-refractivity contribution < 1.29 is 138 Å². The van der Waals surface area contributed by atoms with Gasteiger partial charge < -0.3 is 99.5 Å². The second kappa shape index (κ2) is 18.3. The molecule has 368 valence electrons. The summed E-state index contributed by atoms with van der Waals surface area (Å²) in [5.41, 5.74) is -4.52. The Morgan fingerprint density at radius 3 is 1.54 bits per heavy atom. The highest BCUT2D eigenvalue weighted by molar-refractivity contribution is 6.41. The molecule has 1 saturated heterocycles. The van der Waals surface area contributed by atoms with Gasteiger partial charge in [-0.2, -0.15) is 0 Å². The number of carbonyl (C=O) groups is 8. The molecule has 0 radical (unpaired) electrons. The van der Waals surface area contributed by atoms with Gasteiger partial charge in [-0.3, -0.25) is 14.4 Å². The van der Waals surface area contributed by atoms with Gasteiger partial charge in [-0.15, -0.1) is 0 Å². The number of carbonyl (C=O) groups excluding carboxylic acids is 7. The highest BCUT2D eigenvalue weighted by atomic mass is 16.7. The molecule has 0 saturated carbocycles. The highest BCUT2D eigenvalue weighted by Crippen LogP contribution is 2.51. The van der Waals surface area contributed by atoms with Crippen LogP contribution < -0.4 is 4.74 Å². The fourth-order valence-corrected chi connectivity index (χ4v) is 7.49. The number of aliphatic hydroxyl groups is 1. The van der Waals surface area contributed by atoms with Gasteiger partial charge in [0.05, 0.1) is 29.0 Å². The largest absolute Gasteiger partial charge is 0.504 e. The van der Waals surface area contributed by atoms with Gasteiger partial charge in [0.25, 0.3) is 5.78 Å². The zero-order valence-electron chi connectivity index (χ0n) is 34.5. The molecule has 2 bridgehead atoms. The molecule has 7 rings (SSSR count). The summed E-state index contributed by atoms with van der Waals surface area (Å²) in [5, 5.41) is 133. The van der Waals surface area contributed by atoms with E-state index in [1.54, 1.807) is 0 Å². The van der Waals surface area contributed by atoms with Crippen LogP contribution in [-0.2, 0) is 47.6 Å². The van der Waals surface area contributed by atoms with Crippen LogP contribution in [0.15, 0.2) is 42.5 Å². The van der Waals surface area contributed by atoms with Crippen molar-refractivity contribution in [3.05, 3.63) is 70.3 Å². The number of Topliss-reactive ketones (excluding diaryl/α,β-unsaturated/α-hetero) is 1. The van der Waals surface area contributed by atoms with Gasteiger partial charge in [-0.25, -0.2) is 24.0 Å². The van der Waals surface area contributed by atoms with Crippen LogP contribution in [0, 0.1) is 5.92 Å². The van der Waals surface area contributed by atoms with Crippen LogP contribution >= 0.6 is 0 Å². The first-order chi connectivity index (χ1) is 32.9. The lowest BCUT2D eigenvalue weighted by Crippen LogP contribution is -2.64. The van der Waals surface area contributed by atoms with Crippen molar-refractivity contribution in [2.75, 3.05) is 6.61 Å². The third-order valence-corrected chi connectivity index (χ3v) is 10.8. The lowest BCUT2D eigenvalue weighted by Gasteiger charge is -2.44. The number of phenolic OH excluding ortho intramolecular Hbond substituents is 11. The van der Waals surface area contributed by atoms with Crippen molar-refractivity contribution >= 4 is 47.6 Å². The van der Waals surface area contributed by atoms with Crippen molar-refractivity contribution in [2.24, 2.45) is 5.92 Å². The van der Waals surface area contributed by atoms with E-state index in [0.717, 1.165) is 0 Å². The Balaban J connectivity index is 1.44. The molecule has 0 aliphatic carbocycles. The molecule has 4 aromatic rings. The number of aliphatic hydroxyl groups excluding tert-OH is 1. The number of carboxylic acids is 1. The molecule has 70 heavy (non-hydrogen) atoms. The highest BCUT2D eigenvalue weighted by Gasteiger charge is 2.57. The molecule has 3 heterocycles. The normalized spacial score (nSPS) is 22.9. The van der Waals surface area contributed by atoms with Crippen molar-refractivity contribution in [3.63, 3.8) is 0 Å². The van der Waals surface area contributed by atoms with Crippen molar-refractivity contribution in [3.8, 4) is 69.0 Å². The van der Waals surface area contributed by atoms with Gasteiger partial charge >= 0.3 is 41.8 Å². The first-order valence-corrected chi connectivity index (χ1v) is 19.5. The van der Waals surface area contributed by atoms with Gasteiger partial charge in [0, 0.05) is 17.0 Å². The van der Waals surface area contributed by atoms with E-state index in [1.165, 1.54) is 0 Å². The molecule has 13 N–H and O–H groups in total. The fraction of sp³-hybridized carbons (Fsp3) is 0.238. The monoisotopic (exact) mass is 984 g/mol. The van der Waals surface area contributed by atoms with E-state index in [-0.39, 0.29) is 0 Å². The fourth-order valence-electron chi connectivity index (χ4n) is 7.49. The van der Waals surface area contributed by atoms with Crippen LogP contribution in [-0.4, -0.2) is 157 Å². The second-order valence-electron chi connectivity index (χ2n) is 15.2. The minimum absolute atomic E-state index is 0.353. The van der Waals surface area contributed by atoms with Crippen LogP contribution in [0.25, 0.3) is 0 Å².